The summed E-state index contributed by atoms with van der Waals surface area (Å²) in [5.74, 6) is 0.263. The summed E-state index contributed by atoms with van der Waals surface area (Å²) in [7, 11) is 0. The second kappa shape index (κ2) is 3.75. The summed E-state index contributed by atoms with van der Waals surface area (Å²) in [5.41, 5.74) is 5.79. The summed E-state index contributed by atoms with van der Waals surface area (Å²) in [6.07, 6.45) is 4.58. The van der Waals surface area contributed by atoms with Gasteiger partial charge in [0.15, 0.2) is 0 Å². The molecular weight excluding hydrogens is 150 g/mol. The minimum atomic E-state index is -0.164. The molecule has 0 saturated heterocycles. The van der Waals surface area contributed by atoms with E-state index in [4.69, 9.17) is 5.73 Å². The quantitative estimate of drug-likeness (QED) is 0.659. The average molecular weight is 171 g/mol. The van der Waals surface area contributed by atoms with Gasteiger partial charge < -0.3 is 10.8 Å². The molecule has 1 fully saturated rings. The summed E-state index contributed by atoms with van der Waals surface area (Å²) in [6.45, 7) is 4.83. The standard InChI is InChI=1S/C10H21NO/c1-3-4-10(5-6-10)9(12)8(2)7-11/h8-9,12H,3-7,11H2,1-2H3. The third-order valence-corrected chi connectivity index (χ3v) is 3.18. The van der Waals surface area contributed by atoms with E-state index in [2.05, 4.69) is 6.92 Å². The Morgan fingerprint density at radius 2 is 2.08 bits per heavy atom. The van der Waals surface area contributed by atoms with Crippen LogP contribution in [-0.2, 0) is 0 Å². The van der Waals surface area contributed by atoms with E-state index in [9.17, 15) is 5.11 Å². The van der Waals surface area contributed by atoms with E-state index in [-0.39, 0.29) is 17.4 Å². The maximum absolute atomic E-state index is 9.96. The van der Waals surface area contributed by atoms with Crippen LogP contribution >= 0.6 is 0 Å². The molecule has 0 aromatic heterocycles. The van der Waals surface area contributed by atoms with E-state index in [0.29, 0.717) is 6.54 Å². The largest absolute Gasteiger partial charge is 0.392 e. The highest BCUT2D eigenvalue weighted by Gasteiger charge is 2.49. The number of rotatable bonds is 5. The first kappa shape index (κ1) is 10.0. The molecule has 3 N–H and O–H groups in total. The third-order valence-electron chi connectivity index (χ3n) is 3.18. The minimum absolute atomic E-state index is 0.164. The molecular formula is C10H21NO. The first-order valence-corrected chi connectivity index (χ1v) is 5.04. The van der Waals surface area contributed by atoms with Crippen LogP contribution in [0.4, 0.5) is 0 Å². The Morgan fingerprint density at radius 1 is 1.50 bits per heavy atom. The van der Waals surface area contributed by atoms with Crippen molar-refractivity contribution in [1.29, 1.82) is 0 Å². The van der Waals surface area contributed by atoms with Gasteiger partial charge in [0.1, 0.15) is 0 Å². The van der Waals surface area contributed by atoms with Crippen LogP contribution in [0.3, 0.4) is 0 Å². The van der Waals surface area contributed by atoms with Crippen LogP contribution in [0.2, 0.25) is 0 Å². The second-order valence-electron chi connectivity index (χ2n) is 4.27. The van der Waals surface area contributed by atoms with Crippen molar-refractivity contribution >= 4 is 0 Å². The molecule has 0 aliphatic heterocycles. The molecule has 1 aliphatic carbocycles. The summed E-state index contributed by atoms with van der Waals surface area (Å²) < 4.78 is 0. The fourth-order valence-corrected chi connectivity index (χ4v) is 2.08. The molecule has 0 heterocycles. The lowest BCUT2D eigenvalue weighted by Crippen LogP contribution is -2.33. The van der Waals surface area contributed by atoms with E-state index in [1.165, 1.54) is 25.7 Å². The fraction of sp³-hybridized carbons (Fsp3) is 1.00. The van der Waals surface area contributed by atoms with Gasteiger partial charge in [0, 0.05) is 0 Å². The van der Waals surface area contributed by atoms with Gasteiger partial charge in [-0.15, -0.1) is 0 Å². The molecule has 2 heteroatoms. The maximum atomic E-state index is 9.96. The molecule has 0 aromatic carbocycles. The van der Waals surface area contributed by atoms with Crippen molar-refractivity contribution in [2.75, 3.05) is 6.54 Å². The summed E-state index contributed by atoms with van der Waals surface area (Å²) in [5, 5.41) is 9.96. The van der Waals surface area contributed by atoms with Crippen LogP contribution in [0.1, 0.15) is 39.5 Å². The summed E-state index contributed by atoms with van der Waals surface area (Å²) in [4.78, 5) is 0. The van der Waals surface area contributed by atoms with Crippen LogP contribution in [0.5, 0.6) is 0 Å². The van der Waals surface area contributed by atoms with Gasteiger partial charge in [0.2, 0.25) is 0 Å². The molecule has 1 aliphatic rings. The van der Waals surface area contributed by atoms with Crippen LogP contribution in [0.15, 0.2) is 0 Å². The van der Waals surface area contributed by atoms with Crippen molar-refractivity contribution in [2.45, 2.75) is 45.6 Å². The Kier molecular flexibility index (Phi) is 3.13. The van der Waals surface area contributed by atoms with Gasteiger partial charge in [-0.25, -0.2) is 0 Å². The number of hydrogen-bond donors (Lipinski definition) is 2. The van der Waals surface area contributed by atoms with Crippen LogP contribution in [0.25, 0.3) is 0 Å². The molecule has 0 bridgehead atoms. The highest BCUT2D eigenvalue weighted by atomic mass is 16.3. The zero-order valence-electron chi connectivity index (χ0n) is 8.21. The molecule has 1 saturated carbocycles. The maximum Gasteiger partial charge on any atom is 0.0633 e. The molecule has 0 aromatic rings. The van der Waals surface area contributed by atoms with Gasteiger partial charge in [-0.3, -0.25) is 0 Å². The molecule has 0 amide bonds. The molecule has 0 radical (unpaired) electrons. The molecule has 2 nitrogen and oxygen atoms in total. The van der Waals surface area contributed by atoms with Crippen LogP contribution in [-0.4, -0.2) is 17.8 Å². The first-order valence-electron chi connectivity index (χ1n) is 5.04. The number of aliphatic hydroxyl groups excluding tert-OH is 1. The van der Waals surface area contributed by atoms with Crippen molar-refractivity contribution in [2.24, 2.45) is 17.1 Å². The van der Waals surface area contributed by atoms with Gasteiger partial charge in [-0.2, -0.15) is 0 Å². The topological polar surface area (TPSA) is 46.2 Å². The fourth-order valence-electron chi connectivity index (χ4n) is 2.08. The Hall–Kier alpha value is -0.0800. The lowest BCUT2D eigenvalue weighted by Gasteiger charge is -2.26. The van der Waals surface area contributed by atoms with Gasteiger partial charge in [0.05, 0.1) is 6.10 Å². The van der Waals surface area contributed by atoms with Crippen molar-refractivity contribution in [3.05, 3.63) is 0 Å². The SMILES string of the molecule is CCCC1(C(O)C(C)CN)CC1. The molecule has 0 spiro atoms. The zero-order valence-corrected chi connectivity index (χ0v) is 8.21. The zero-order chi connectivity index (χ0) is 9.19. The van der Waals surface area contributed by atoms with Crippen LogP contribution in [0, 0.1) is 11.3 Å². The van der Waals surface area contributed by atoms with Gasteiger partial charge >= 0.3 is 0 Å². The Bertz CT molecular complexity index is 143. The predicted octanol–water partition coefficient (Wildman–Crippen LogP) is 1.52. The first-order chi connectivity index (χ1) is 5.66. The smallest absolute Gasteiger partial charge is 0.0633 e. The molecule has 12 heavy (non-hydrogen) atoms. The van der Waals surface area contributed by atoms with Gasteiger partial charge in [-0.1, -0.05) is 20.3 Å². The van der Waals surface area contributed by atoms with Crippen molar-refractivity contribution in [3.8, 4) is 0 Å². The highest BCUT2D eigenvalue weighted by Crippen LogP contribution is 2.54. The summed E-state index contributed by atoms with van der Waals surface area (Å²) in [6, 6.07) is 0. The monoisotopic (exact) mass is 171 g/mol. The molecule has 2 unspecified atom stereocenters. The van der Waals surface area contributed by atoms with Crippen molar-refractivity contribution in [3.63, 3.8) is 0 Å². The number of hydrogen-bond acceptors (Lipinski definition) is 2. The van der Waals surface area contributed by atoms with E-state index in [1.54, 1.807) is 0 Å². The van der Waals surface area contributed by atoms with E-state index < -0.39 is 0 Å². The molecule has 1 rings (SSSR count). The van der Waals surface area contributed by atoms with E-state index in [1.807, 2.05) is 6.92 Å². The predicted molar refractivity (Wildman–Crippen MR) is 50.8 cm³/mol. The Labute approximate surface area is 75.2 Å². The highest BCUT2D eigenvalue weighted by molar-refractivity contribution is 4.99. The molecule has 2 atom stereocenters. The number of nitrogens with two attached hydrogens (primary N) is 1. The van der Waals surface area contributed by atoms with E-state index >= 15 is 0 Å². The van der Waals surface area contributed by atoms with Gasteiger partial charge in [-0.05, 0) is 37.1 Å². The Balaban J connectivity index is 2.44. The lowest BCUT2D eigenvalue weighted by molar-refractivity contribution is 0.0420. The lowest BCUT2D eigenvalue weighted by atomic mass is 9.86. The van der Waals surface area contributed by atoms with Crippen molar-refractivity contribution in [1.82, 2.24) is 0 Å². The van der Waals surface area contributed by atoms with E-state index in [0.717, 1.165) is 0 Å². The van der Waals surface area contributed by atoms with Gasteiger partial charge in [0.25, 0.3) is 0 Å². The normalized spacial score (nSPS) is 25.0. The van der Waals surface area contributed by atoms with Crippen LogP contribution < -0.4 is 5.73 Å². The average Bonchev–Trinajstić information content (AvgIpc) is 2.84. The molecule has 72 valence electrons. The Morgan fingerprint density at radius 3 is 2.42 bits per heavy atom. The second-order valence-corrected chi connectivity index (χ2v) is 4.27. The van der Waals surface area contributed by atoms with Crippen molar-refractivity contribution < 1.29 is 5.11 Å². The minimum Gasteiger partial charge on any atom is -0.392 e. The summed E-state index contributed by atoms with van der Waals surface area (Å²) >= 11 is 0. The number of aliphatic hydroxyl groups is 1. The third kappa shape index (κ3) is 1.80.